The first-order valence-corrected chi connectivity index (χ1v) is 8.92. The number of hydrogen-bond donors (Lipinski definition) is 2. The molecule has 11 heteroatoms. The van der Waals surface area contributed by atoms with Gasteiger partial charge in [-0.25, -0.2) is 9.98 Å². The lowest BCUT2D eigenvalue weighted by Gasteiger charge is -2.16. The Morgan fingerprint density at radius 3 is 2.55 bits per heavy atom. The van der Waals surface area contributed by atoms with Crippen LogP contribution in [0.25, 0.3) is 0 Å². The van der Waals surface area contributed by atoms with Crippen molar-refractivity contribution in [2.45, 2.75) is 46.1 Å². The Hall–Kier alpha value is -2.05. The summed E-state index contributed by atoms with van der Waals surface area (Å²) in [6.07, 6.45) is -3.28. The number of aliphatic imine (C=N–C) groups is 1. The summed E-state index contributed by atoms with van der Waals surface area (Å²) in [6.45, 7) is 6.17. The van der Waals surface area contributed by atoms with E-state index < -0.39 is 11.7 Å². The standard InChI is InChI=1S/C18H25F3N6O.HI/c1-5-22-17(24-10-16-25-11-26-27(16)4)23-9-13-6-7-14(28-12(2)3)8-15(13)18(19,20)21;/h6-8,11-12H,5,9-10H2,1-4H3,(H2,22,23,24);1H. The summed E-state index contributed by atoms with van der Waals surface area (Å²) in [5.41, 5.74) is -0.682. The van der Waals surface area contributed by atoms with Crippen molar-refractivity contribution in [1.82, 2.24) is 25.4 Å². The maximum atomic E-state index is 13.5. The molecule has 2 aromatic rings. The van der Waals surface area contributed by atoms with Gasteiger partial charge in [0.15, 0.2) is 5.96 Å². The van der Waals surface area contributed by atoms with Crippen molar-refractivity contribution in [3.8, 4) is 5.75 Å². The highest BCUT2D eigenvalue weighted by atomic mass is 127. The van der Waals surface area contributed by atoms with Crippen molar-refractivity contribution in [2.24, 2.45) is 12.0 Å². The minimum absolute atomic E-state index is 0. The first-order chi connectivity index (χ1) is 13.2. The summed E-state index contributed by atoms with van der Waals surface area (Å²) in [4.78, 5) is 8.36. The second-order valence-electron chi connectivity index (χ2n) is 6.33. The summed E-state index contributed by atoms with van der Waals surface area (Å²) < 4.78 is 47.4. The minimum Gasteiger partial charge on any atom is -0.491 e. The second-order valence-corrected chi connectivity index (χ2v) is 6.33. The third-order valence-electron chi connectivity index (χ3n) is 3.73. The van der Waals surface area contributed by atoms with Crippen molar-refractivity contribution in [2.75, 3.05) is 6.54 Å². The summed E-state index contributed by atoms with van der Waals surface area (Å²) in [6, 6.07) is 3.95. The number of nitrogens with zero attached hydrogens (tertiary/aromatic N) is 4. The fraction of sp³-hybridized carbons (Fsp3) is 0.500. The summed E-state index contributed by atoms with van der Waals surface area (Å²) in [5, 5.41) is 10.0. The zero-order valence-electron chi connectivity index (χ0n) is 16.7. The van der Waals surface area contributed by atoms with Gasteiger partial charge in [0.2, 0.25) is 0 Å². The minimum atomic E-state index is -4.49. The maximum Gasteiger partial charge on any atom is 0.416 e. The molecule has 0 amide bonds. The Morgan fingerprint density at radius 1 is 1.28 bits per heavy atom. The molecule has 7 nitrogen and oxygen atoms in total. The first kappa shape index (κ1) is 25.0. The van der Waals surface area contributed by atoms with E-state index in [9.17, 15) is 13.2 Å². The molecule has 0 saturated heterocycles. The topological polar surface area (TPSA) is 76.4 Å². The number of halogens is 4. The predicted octanol–water partition coefficient (Wildman–Crippen LogP) is 3.49. The highest BCUT2D eigenvalue weighted by Gasteiger charge is 2.33. The quantitative estimate of drug-likeness (QED) is 0.328. The van der Waals surface area contributed by atoms with E-state index in [0.29, 0.717) is 24.9 Å². The van der Waals surface area contributed by atoms with Gasteiger partial charge in [-0.1, -0.05) is 6.07 Å². The van der Waals surface area contributed by atoms with Crippen LogP contribution in [0.3, 0.4) is 0 Å². The number of aryl methyl sites for hydroxylation is 1. The Kier molecular flexibility index (Phi) is 9.66. The van der Waals surface area contributed by atoms with Crippen LogP contribution in [0.4, 0.5) is 13.2 Å². The molecule has 1 aromatic carbocycles. The average Bonchev–Trinajstić information content (AvgIpc) is 3.01. The predicted molar refractivity (Wildman–Crippen MR) is 115 cm³/mol. The molecular formula is C18H26F3IN6O. The molecule has 0 spiro atoms. The zero-order chi connectivity index (χ0) is 20.7. The lowest BCUT2D eigenvalue weighted by Crippen LogP contribution is -2.37. The van der Waals surface area contributed by atoms with Crippen LogP contribution in [-0.2, 0) is 26.3 Å². The second kappa shape index (κ2) is 11.2. The van der Waals surface area contributed by atoms with Gasteiger partial charge in [-0.15, -0.1) is 24.0 Å². The van der Waals surface area contributed by atoms with Crippen molar-refractivity contribution in [3.05, 3.63) is 41.5 Å². The number of alkyl halides is 3. The van der Waals surface area contributed by atoms with Gasteiger partial charge in [0, 0.05) is 13.6 Å². The van der Waals surface area contributed by atoms with Crippen molar-refractivity contribution < 1.29 is 17.9 Å². The molecule has 29 heavy (non-hydrogen) atoms. The molecule has 0 aliphatic carbocycles. The molecule has 0 aliphatic rings. The molecule has 2 rings (SSSR count). The number of guanidine groups is 1. The fourth-order valence-corrected chi connectivity index (χ4v) is 2.45. The van der Waals surface area contributed by atoms with Gasteiger partial charge < -0.3 is 15.4 Å². The normalized spacial score (nSPS) is 11.9. The van der Waals surface area contributed by atoms with Crippen LogP contribution in [0.1, 0.15) is 37.7 Å². The molecule has 0 atom stereocenters. The number of nitrogens with one attached hydrogen (secondary N) is 2. The van der Waals surface area contributed by atoms with Gasteiger partial charge >= 0.3 is 6.18 Å². The SMILES string of the molecule is CCNC(=NCc1ccc(OC(C)C)cc1C(F)(F)F)NCc1ncnn1C.I. The molecule has 162 valence electrons. The van der Waals surface area contributed by atoms with Gasteiger partial charge in [-0.2, -0.15) is 18.3 Å². The van der Waals surface area contributed by atoms with E-state index in [1.54, 1.807) is 25.6 Å². The molecule has 0 fully saturated rings. The van der Waals surface area contributed by atoms with Crippen LogP contribution in [-0.4, -0.2) is 33.4 Å². The molecule has 1 aromatic heterocycles. The first-order valence-electron chi connectivity index (χ1n) is 8.92. The molecule has 0 unspecified atom stereocenters. The Labute approximate surface area is 185 Å². The molecule has 0 radical (unpaired) electrons. The smallest absolute Gasteiger partial charge is 0.416 e. The Morgan fingerprint density at radius 2 is 2.00 bits per heavy atom. The molecule has 2 N–H and O–H groups in total. The average molecular weight is 526 g/mol. The summed E-state index contributed by atoms with van der Waals surface area (Å²) in [7, 11) is 1.75. The molecule has 1 heterocycles. The van der Waals surface area contributed by atoms with Gasteiger partial charge in [0.25, 0.3) is 0 Å². The van der Waals surface area contributed by atoms with E-state index in [1.165, 1.54) is 18.5 Å². The van der Waals surface area contributed by atoms with Crippen molar-refractivity contribution in [1.29, 1.82) is 0 Å². The molecule has 0 aliphatic heterocycles. The van der Waals surface area contributed by atoms with Gasteiger partial charge in [0.05, 0.1) is 24.8 Å². The molecular weight excluding hydrogens is 500 g/mol. The Balaban J connectivity index is 0.00000420. The van der Waals surface area contributed by atoms with Crippen LogP contribution in [0.15, 0.2) is 29.5 Å². The van der Waals surface area contributed by atoms with Crippen molar-refractivity contribution in [3.63, 3.8) is 0 Å². The number of benzene rings is 1. The van der Waals surface area contributed by atoms with Gasteiger partial charge in [0.1, 0.15) is 17.9 Å². The number of ether oxygens (including phenoxy) is 1. The summed E-state index contributed by atoms with van der Waals surface area (Å²) >= 11 is 0. The third kappa shape index (κ3) is 7.71. The molecule has 0 saturated carbocycles. The highest BCUT2D eigenvalue weighted by molar-refractivity contribution is 14.0. The monoisotopic (exact) mass is 526 g/mol. The number of rotatable bonds is 7. The van der Waals surface area contributed by atoms with Gasteiger partial charge in [-0.05, 0) is 38.5 Å². The van der Waals surface area contributed by atoms with Crippen LogP contribution in [0.2, 0.25) is 0 Å². The third-order valence-corrected chi connectivity index (χ3v) is 3.73. The van der Waals surface area contributed by atoms with E-state index in [0.717, 1.165) is 6.07 Å². The van der Waals surface area contributed by atoms with E-state index in [2.05, 4.69) is 25.7 Å². The van der Waals surface area contributed by atoms with Crippen LogP contribution in [0.5, 0.6) is 5.75 Å². The van der Waals surface area contributed by atoms with E-state index in [-0.39, 0.29) is 47.9 Å². The van der Waals surface area contributed by atoms with Crippen LogP contribution < -0.4 is 15.4 Å². The van der Waals surface area contributed by atoms with E-state index >= 15 is 0 Å². The number of aromatic nitrogens is 3. The number of hydrogen-bond acceptors (Lipinski definition) is 4. The summed E-state index contributed by atoms with van der Waals surface area (Å²) in [5.74, 6) is 1.25. The fourth-order valence-electron chi connectivity index (χ4n) is 2.45. The molecule has 0 bridgehead atoms. The van der Waals surface area contributed by atoms with Crippen LogP contribution >= 0.6 is 24.0 Å². The zero-order valence-corrected chi connectivity index (χ0v) is 19.1. The largest absolute Gasteiger partial charge is 0.491 e. The van der Waals surface area contributed by atoms with E-state index in [1.807, 2.05) is 6.92 Å². The lowest BCUT2D eigenvalue weighted by molar-refractivity contribution is -0.138. The van der Waals surface area contributed by atoms with Crippen LogP contribution in [0, 0.1) is 0 Å². The van der Waals surface area contributed by atoms with Gasteiger partial charge in [-0.3, -0.25) is 4.68 Å². The Bertz CT molecular complexity index is 807. The van der Waals surface area contributed by atoms with E-state index in [4.69, 9.17) is 4.74 Å². The maximum absolute atomic E-state index is 13.5. The highest BCUT2D eigenvalue weighted by Crippen LogP contribution is 2.35. The lowest BCUT2D eigenvalue weighted by atomic mass is 10.1. The van der Waals surface area contributed by atoms with Crippen molar-refractivity contribution >= 4 is 29.9 Å².